The van der Waals surface area contributed by atoms with Gasteiger partial charge in [0, 0.05) is 6.54 Å². The van der Waals surface area contributed by atoms with Crippen LogP contribution in [0.15, 0.2) is 0 Å². The molecule has 4 nitrogen and oxygen atoms in total. The van der Waals surface area contributed by atoms with Gasteiger partial charge in [0.05, 0.1) is 6.10 Å². The zero-order valence-electron chi connectivity index (χ0n) is 5.88. The van der Waals surface area contributed by atoms with Crippen LogP contribution in [0.25, 0.3) is 0 Å². The fraction of sp³-hybridized carbons (Fsp3) is 1.00. The summed E-state index contributed by atoms with van der Waals surface area (Å²) < 4.78 is 0. The van der Waals surface area contributed by atoms with Gasteiger partial charge in [0.2, 0.25) is 0 Å². The molecule has 0 bridgehead atoms. The molecule has 0 aromatic carbocycles. The van der Waals surface area contributed by atoms with Gasteiger partial charge < -0.3 is 15.9 Å². The van der Waals surface area contributed by atoms with Crippen LogP contribution in [0.5, 0.6) is 0 Å². The maximum Gasteiger partial charge on any atom is 0.154 e. The molecular weight excluding hydrogens is 132 g/mol. The maximum absolute atomic E-state index is 9.46. The SMILES string of the molecule is NCC1(O)NCCCC1O. The van der Waals surface area contributed by atoms with E-state index < -0.39 is 11.8 Å². The quantitative estimate of drug-likeness (QED) is 0.358. The molecule has 0 amide bonds. The van der Waals surface area contributed by atoms with Gasteiger partial charge in [-0.05, 0) is 19.4 Å². The molecule has 0 saturated carbocycles. The Bertz CT molecular complexity index is 120. The number of rotatable bonds is 1. The molecule has 1 aliphatic rings. The molecule has 1 heterocycles. The van der Waals surface area contributed by atoms with E-state index in [-0.39, 0.29) is 6.54 Å². The Morgan fingerprint density at radius 2 is 2.40 bits per heavy atom. The van der Waals surface area contributed by atoms with Crippen molar-refractivity contribution in [3.63, 3.8) is 0 Å². The van der Waals surface area contributed by atoms with Crippen molar-refractivity contribution in [3.8, 4) is 0 Å². The third-order valence-corrected chi connectivity index (χ3v) is 1.95. The molecule has 1 saturated heterocycles. The van der Waals surface area contributed by atoms with Crippen LogP contribution in [-0.2, 0) is 0 Å². The normalized spacial score (nSPS) is 41.7. The lowest BCUT2D eigenvalue weighted by Crippen LogP contribution is -2.62. The lowest BCUT2D eigenvalue weighted by atomic mass is 9.98. The molecule has 0 aromatic rings. The molecule has 1 fully saturated rings. The fourth-order valence-electron chi connectivity index (χ4n) is 1.17. The molecule has 1 aliphatic heterocycles. The summed E-state index contributed by atoms with van der Waals surface area (Å²) in [7, 11) is 0. The first-order valence-electron chi connectivity index (χ1n) is 3.54. The molecule has 5 N–H and O–H groups in total. The topological polar surface area (TPSA) is 78.5 Å². The minimum atomic E-state index is -1.24. The van der Waals surface area contributed by atoms with Crippen LogP contribution in [0.1, 0.15) is 12.8 Å². The summed E-state index contributed by atoms with van der Waals surface area (Å²) in [5.74, 6) is 0. The van der Waals surface area contributed by atoms with Gasteiger partial charge in [-0.2, -0.15) is 0 Å². The number of aliphatic hydroxyl groups is 2. The number of aliphatic hydroxyl groups excluding tert-OH is 1. The highest BCUT2D eigenvalue weighted by Gasteiger charge is 2.35. The lowest BCUT2D eigenvalue weighted by Gasteiger charge is -2.36. The molecule has 2 atom stereocenters. The van der Waals surface area contributed by atoms with Gasteiger partial charge in [-0.3, -0.25) is 5.32 Å². The van der Waals surface area contributed by atoms with Crippen molar-refractivity contribution >= 4 is 0 Å². The van der Waals surface area contributed by atoms with Crippen molar-refractivity contribution in [1.29, 1.82) is 0 Å². The molecule has 0 aliphatic carbocycles. The first-order valence-corrected chi connectivity index (χ1v) is 3.54. The van der Waals surface area contributed by atoms with Crippen LogP contribution in [-0.4, -0.2) is 35.1 Å². The molecular formula is C6H14N2O2. The van der Waals surface area contributed by atoms with E-state index in [0.29, 0.717) is 6.42 Å². The average molecular weight is 146 g/mol. The minimum absolute atomic E-state index is 0.0637. The standard InChI is InChI=1S/C6H14N2O2/c7-4-6(10)5(9)2-1-3-8-6/h5,8-10H,1-4,7H2. The molecule has 0 radical (unpaired) electrons. The van der Waals surface area contributed by atoms with E-state index >= 15 is 0 Å². The van der Waals surface area contributed by atoms with E-state index in [1.54, 1.807) is 0 Å². The highest BCUT2D eigenvalue weighted by Crippen LogP contribution is 2.15. The molecule has 2 unspecified atom stereocenters. The molecule has 0 aromatic heterocycles. The first kappa shape index (κ1) is 7.94. The molecule has 4 heteroatoms. The van der Waals surface area contributed by atoms with E-state index in [1.165, 1.54) is 0 Å². The first-order chi connectivity index (χ1) is 4.69. The Hall–Kier alpha value is -0.160. The summed E-state index contributed by atoms with van der Waals surface area (Å²) in [6.07, 6.45) is 0.802. The Morgan fingerprint density at radius 1 is 1.70 bits per heavy atom. The number of piperidine rings is 1. The average Bonchev–Trinajstić information content (AvgIpc) is 1.96. The monoisotopic (exact) mass is 146 g/mol. The molecule has 0 spiro atoms. The van der Waals surface area contributed by atoms with Crippen LogP contribution in [0, 0.1) is 0 Å². The third-order valence-electron chi connectivity index (χ3n) is 1.95. The van der Waals surface area contributed by atoms with Gasteiger partial charge in [0.15, 0.2) is 5.72 Å². The van der Waals surface area contributed by atoms with Crippen molar-refractivity contribution in [2.45, 2.75) is 24.7 Å². The van der Waals surface area contributed by atoms with Crippen molar-refractivity contribution < 1.29 is 10.2 Å². The van der Waals surface area contributed by atoms with E-state index in [9.17, 15) is 10.2 Å². The van der Waals surface area contributed by atoms with E-state index in [0.717, 1.165) is 13.0 Å². The van der Waals surface area contributed by atoms with Crippen LogP contribution in [0.4, 0.5) is 0 Å². The Morgan fingerprint density at radius 3 is 2.80 bits per heavy atom. The largest absolute Gasteiger partial charge is 0.389 e. The van der Waals surface area contributed by atoms with Crippen molar-refractivity contribution in [1.82, 2.24) is 5.32 Å². The second kappa shape index (κ2) is 2.84. The van der Waals surface area contributed by atoms with Gasteiger partial charge in [0.25, 0.3) is 0 Å². The fourth-order valence-corrected chi connectivity index (χ4v) is 1.17. The van der Waals surface area contributed by atoms with Crippen molar-refractivity contribution in [3.05, 3.63) is 0 Å². The second-order valence-electron chi connectivity index (χ2n) is 2.71. The highest BCUT2D eigenvalue weighted by atomic mass is 16.4. The summed E-state index contributed by atoms with van der Waals surface area (Å²) in [6.45, 7) is 0.791. The predicted molar refractivity (Wildman–Crippen MR) is 37.2 cm³/mol. The minimum Gasteiger partial charge on any atom is -0.389 e. The Kier molecular flexibility index (Phi) is 2.25. The van der Waals surface area contributed by atoms with Gasteiger partial charge in [-0.15, -0.1) is 0 Å². The smallest absolute Gasteiger partial charge is 0.154 e. The van der Waals surface area contributed by atoms with Crippen molar-refractivity contribution in [2.24, 2.45) is 5.73 Å². The van der Waals surface area contributed by atoms with E-state index in [1.807, 2.05) is 0 Å². The number of nitrogens with one attached hydrogen (secondary N) is 1. The van der Waals surface area contributed by atoms with E-state index in [2.05, 4.69) is 5.32 Å². The lowest BCUT2D eigenvalue weighted by molar-refractivity contribution is -0.109. The zero-order chi connectivity index (χ0) is 7.61. The van der Waals surface area contributed by atoms with Crippen LogP contribution >= 0.6 is 0 Å². The predicted octanol–water partition coefficient (Wildman–Crippen LogP) is -1.62. The van der Waals surface area contributed by atoms with Gasteiger partial charge in [-0.25, -0.2) is 0 Å². The van der Waals surface area contributed by atoms with Gasteiger partial charge in [0.1, 0.15) is 0 Å². The highest BCUT2D eigenvalue weighted by molar-refractivity contribution is 4.88. The Labute approximate surface area is 60.0 Å². The maximum atomic E-state index is 9.46. The summed E-state index contributed by atoms with van der Waals surface area (Å²) in [6, 6.07) is 0. The number of hydrogen-bond acceptors (Lipinski definition) is 4. The van der Waals surface area contributed by atoms with Gasteiger partial charge in [-0.1, -0.05) is 0 Å². The van der Waals surface area contributed by atoms with E-state index in [4.69, 9.17) is 5.73 Å². The third kappa shape index (κ3) is 1.29. The molecule has 1 rings (SSSR count). The van der Waals surface area contributed by atoms with Gasteiger partial charge >= 0.3 is 0 Å². The van der Waals surface area contributed by atoms with Crippen LogP contribution in [0.3, 0.4) is 0 Å². The molecule has 60 valence electrons. The summed E-state index contributed by atoms with van der Waals surface area (Å²) in [5, 5.41) is 21.5. The van der Waals surface area contributed by atoms with Crippen LogP contribution in [0.2, 0.25) is 0 Å². The molecule has 10 heavy (non-hydrogen) atoms. The number of nitrogens with two attached hydrogens (primary N) is 1. The number of hydrogen-bond donors (Lipinski definition) is 4. The van der Waals surface area contributed by atoms with Crippen LogP contribution < -0.4 is 11.1 Å². The zero-order valence-corrected chi connectivity index (χ0v) is 5.88. The second-order valence-corrected chi connectivity index (χ2v) is 2.71. The summed E-state index contributed by atoms with van der Waals surface area (Å²) >= 11 is 0. The summed E-state index contributed by atoms with van der Waals surface area (Å²) in [5.41, 5.74) is 4.02. The summed E-state index contributed by atoms with van der Waals surface area (Å²) in [4.78, 5) is 0. The van der Waals surface area contributed by atoms with Crippen molar-refractivity contribution in [2.75, 3.05) is 13.1 Å². The Balaban J connectivity index is 2.54.